The predicted octanol–water partition coefficient (Wildman–Crippen LogP) is 3.53. The highest BCUT2D eigenvalue weighted by molar-refractivity contribution is 14.0. The average Bonchev–Trinajstić information content (AvgIpc) is 2.74. The zero-order chi connectivity index (χ0) is 19.7. The van der Waals surface area contributed by atoms with E-state index in [0.717, 1.165) is 19.0 Å². The summed E-state index contributed by atoms with van der Waals surface area (Å²) in [5.41, 5.74) is 1.76. The lowest BCUT2D eigenvalue weighted by Gasteiger charge is -2.30. The first-order chi connectivity index (χ1) is 13.7. The summed E-state index contributed by atoms with van der Waals surface area (Å²) in [6, 6.07) is 21.0. The van der Waals surface area contributed by atoms with E-state index in [9.17, 15) is 5.11 Å². The van der Waals surface area contributed by atoms with E-state index in [1.807, 2.05) is 19.1 Å². The summed E-state index contributed by atoms with van der Waals surface area (Å²) in [7, 11) is 0. The number of aliphatic hydroxyl groups is 1. The van der Waals surface area contributed by atoms with Gasteiger partial charge in [-0.25, -0.2) is 0 Å². The maximum absolute atomic E-state index is 10.7. The third-order valence-electron chi connectivity index (χ3n) is 5.18. The van der Waals surface area contributed by atoms with Crippen LogP contribution in [0, 0.1) is 0 Å². The molecule has 0 atom stereocenters. The largest absolute Gasteiger partial charge is 0.388 e. The molecule has 2 aromatic rings. The molecule has 1 heterocycles. The number of guanidine groups is 1. The van der Waals surface area contributed by atoms with Gasteiger partial charge in [0, 0.05) is 45.1 Å². The van der Waals surface area contributed by atoms with E-state index in [4.69, 9.17) is 4.74 Å². The van der Waals surface area contributed by atoms with Crippen LogP contribution in [-0.4, -0.2) is 49.5 Å². The van der Waals surface area contributed by atoms with Crippen LogP contribution in [0.3, 0.4) is 0 Å². The molecule has 6 heteroatoms. The van der Waals surface area contributed by atoms with Crippen molar-refractivity contribution in [3.63, 3.8) is 0 Å². The Bertz CT molecular complexity index is 695. The number of hydrogen-bond donors (Lipinski definition) is 3. The van der Waals surface area contributed by atoms with Crippen molar-refractivity contribution in [2.75, 3.05) is 32.8 Å². The van der Waals surface area contributed by atoms with Crippen LogP contribution in [0.15, 0.2) is 65.7 Å². The zero-order valence-corrected chi connectivity index (χ0v) is 19.3. The second-order valence-electron chi connectivity index (χ2n) is 7.29. The lowest BCUT2D eigenvalue weighted by molar-refractivity contribution is -0.0565. The number of aliphatic imine (C=N–C) groups is 1. The van der Waals surface area contributed by atoms with Gasteiger partial charge in [-0.15, -0.1) is 24.0 Å². The molecule has 29 heavy (non-hydrogen) atoms. The highest BCUT2D eigenvalue weighted by Crippen LogP contribution is 2.24. The van der Waals surface area contributed by atoms with Gasteiger partial charge in [0.15, 0.2) is 5.96 Å². The van der Waals surface area contributed by atoms with E-state index < -0.39 is 5.60 Å². The topological polar surface area (TPSA) is 65.9 Å². The standard InChI is InChI=1S/C23H31N3O2.HI/c1-2-24-22(26-18-23(27)13-15-28-16-14-23)25-17-21(19-9-5-3-6-10-19)20-11-7-4-8-12-20;/h3-12,21,27H,2,13-18H2,1H3,(H2,24,25,26);1H. The van der Waals surface area contributed by atoms with E-state index in [1.165, 1.54) is 11.1 Å². The Morgan fingerprint density at radius 3 is 2.07 bits per heavy atom. The molecule has 3 rings (SSSR count). The second-order valence-corrected chi connectivity index (χ2v) is 7.29. The van der Waals surface area contributed by atoms with Crippen molar-refractivity contribution in [3.8, 4) is 0 Å². The van der Waals surface area contributed by atoms with Gasteiger partial charge in [0.1, 0.15) is 0 Å². The summed E-state index contributed by atoms with van der Waals surface area (Å²) >= 11 is 0. The molecule has 0 aromatic heterocycles. The van der Waals surface area contributed by atoms with Crippen LogP contribution in [0.2, 0.25) is 0 Å². The number of nitrogens with one attached hydrogen (secondary N) is 2. The fourth-order valence-electron chi connectivity index (χ4n) is 3.48. The van der Waals surface area contributed by atoms with Crippen molar-refractivity contribution >= 4 is 29.9 Å². The fourth-order valence-corrected chi connectivity index (χ4v) is 3.48. The summed E-state index contributed by atoms with van der Waals surface area (Å²) in [4.78, 5) is 4.66. The molecule has 158 valence electrons. The molecule has 3 N–H and O–H groups in total. The van der Waals surface area contributed by atoms with Gasteiger partial charge in [-0.1, -0.05) is 60.7 Å². The average molecular weight is 509 g/mol. The van der Waals surface area contributed by atoms with Crippen molar-refractivity contribution in [2.45, 2.75) is 31.3 Å². The Balaban J connectivity index is 0.00000300. The second kappa shape index (κ2) is 12.1. The van der Waals surface area contributed by atoms with E-state index in [0.29, 0.717) is 32.6 Å². The number of nitrogens with zero attached hydrogens (tertiary/aromatic N) is 1. The van der Waals surface area contributed by atoms with E-state index >= 15 is 0 Å². The summed E-state index contributed by atoms with van der Waals surface area (Å²) < 4.78 is 5.36. The Morgan fingerprint density at radius 1 is 1.00 bits per heavy atom. The molecule has 1 aliphatic rings. The van der Waals surface area contributed by atoms with E-state index in [1.54, 1.807) is 0 Å². The van der Waals surface area contributed by atoms with Gasteiger partial charge in [0.05, 0.1) is 12.1 Å². The molecule has 2 aromatic carbocycles. The number of ether oxygens (including phenoxy) is 1. The molecular weight excluding hydrogens is 477 g/mol. The molecule has 5 nitrogen and oxygen atoms in total. The minimum atomic E-state index is -0.765. The molecule has 0 unspecified atom stereocenters. The van der Waals surface area contributed by atoms with Gasteiger partial charge in [-0.3, -0.25) is 4.99 Å². The van der Waals surface area contributed by atoms with Crippen molar-refractivity contribution in [3.05, 3.63) is 71.8 Å². The maximum atomic E-state index is 10.7. The molecule has 0 bridgehead atoms. The van der Waals surface area contributed by atoms with Crippen LogP contribution in [0.25, 0.3) is 0 Å². The lowest BCUT2D eigenvalue weighted by Crippen LogP contribution is -2.43. The fraction of sp³-hybridized carbons (Fsp3) is 0.435. The summed E-state index contributed by atoms with van der Waals surface area (Å²) in [6.07, 6.45) is 1.26. The van der Waals surface area contributed by atoms with Crippen LogP contribution in [0.1, 0.15) is 36.8 Å². The van der Waals surface area contributed by atoms with Gasteiger partial charge in [0.25, 0.3) is 0 Å². The van der Waals surface area contributed by atoms with Gasteiger partial charge >= 0.3 is 0 Å². The maximum Gasteiger partial charge on any atom is 0.191 e. The normalized spacial score (nSPS) is 16.2. The van der Waals surface area contributed by atoms with Gasteiger partial charge < -0.3 is 20.5 Å². The van der Waals surface area contributed by atoms with Crippen LogP contribution >= 0.6 is 24.0 Å². The van der Waals surface area contributed by atoms with Crippen molar-refractivity contribution in [1.82, 2.24) is 10.6 Å². The van der Waals surface area contributed by atoms with Crippen molar-refractivity contribution in [1.29, 1.82) is 0 Å². The third-order valence-corrected chi connectivity index (χ3v) is 5.18. The van der Waals surface area contributed by atoms with Crippen molar-refractivity contribution in [2.24, 2.45) is 4.99 Å². The molecule has 0 saturated carbocycles. The Hall–Kier alpha value is -1.64. The number of hydrogen-bond acceptors (Lipinski definition) is 3. The Morgan fingerprint density at radius 2 is 1.55 bits per heavy atom. The Kier molecular flexibility index (Phi) is 9.90. The van der Waals surface area contributed by atoms with Gasteiger partial charge in [-0.05, 0) is 18.1 Å². The highest BCUT2D eigenvalue weighted by atomic mass is 127. The third kappa shape index (κ3) is 7.28. The van der Waals surface area contributed by atoms with E-state index in [2.05, 4.69) is 64.2 Å². The van der Waals surface area contributed by atoms with Crippen LogP contribution in [-0.2, 0) is 4.74 Å². The SMILES string of the molecule is CCNC(=NCC1(O)CCOCC1)NCC(c1ccccc1)c1ccccc1.I. The van der Waals surface area contributed by atoms with Crippen LogP contribution < -0.4 is 10.6 Å². The highest BCUT2D eigenvalue weighted by Gasteiger charge is 2.29. The molecular formula is C23H32IN3O2. The van der Waals surface area contributed by atoms with Crippen LogP contribution in [0.4, 0.5) is 0 Å². The molecule has 0 aliphatic carbocycles. The minimum Gasteiger partial charge on any atom is -0.388 e. The molecule has 1 fully saturated rings. The zero-order valence-electron chi connectivity index (χ0n) is 17.0. The first-order valence-electron chi connectivity index (χ1n) is 10.1. The van der Waals surface area contributed by atoms with Crippen LogP contribution in [0.5, 0.6) is 0 Å². The molecule has 1 aliphatic heterocycles. The monoisotopic (exact) mass is 509 g/mol. The summed E-state index contributed by atoms with van der Waals surface area (Å²) in [5.74, 6) is 0.955. The smallest absolute Gasteiger partial charge is 0.191 e. The predicted molar refractivity (Wildman–Crippen MR) is 129 cm³/mol. The lowest BCUT2D eigenvalue weighted by atomic mass is 9.91. The minimum absolute atomic E-state index is 0. The first kappa shape index (κ1) is 23.6. The summed E-state index contributed by atoms with van der Waals surface area (Å²) in [5, 5.41) is 17.4. The van der Waals surface area contributed by atoms with E-state index in [-0.39, 0.29) is 29.9 Å². The van der Waals surface area contributed by atoms with Gasteiger partial charge in [0.2, 0.25) is 0 Å². The number of benzene rings is 2. The molecule has 0 spiro atoms. The Labute approximate surface area is 191 Å². The molecule has 0 amide bonds. The number of rotatable bonds is 7. The number of halogens is 1. The van der Waals surface area contributed by atoms with Gasteiger partial charge in [-0.2, -0.15) is 0 Å². The molecule has 0 radical (unpaired) electrons. The molecule has 1 saturated heterocycles. The summed E-state index contributed by atoms with van der Waals surface area (Å²) in [6.45, 7) is 5.12. The first-order valence-corrected chi connectivity index (χ1v) is 10.1. The van der Waals surface area contributed by atoms with Crippen molar-refractivity contribution < 1.29 is 9.84 Å². The quantitative estimate of drug-likeness (QED) is 0.304.